The van der Waals surface area contributed by atoms with Gasteiger partial charge in [-0.05, 0) is 93.9 Å². The lowest BCUT2D eigenvalue weighted by atomic mass is 9.82. The number of nitrogens with one attached hydrogen (secondary N) is 2. The van der Waals surface area contributed by atoms with Crippen molar-refractivity contribution in [1.82, 2.24) is 30.2 Å². The number of rotatable bonds is 17. The van der Waals surface area contributed by atoms with Crippen LogP contribution in [0.15, 0.2) is 42.5 Å². The van der Waals surface area contributed by atoms with Crippen LogP contribution in [0.4, 0.5) is 0 Å². The van der Waals surface area contributed by atoms with Crippen LogP contribution in [0.25, 0.3) is 0 Å². The van der Waals surface area contributed by atoms with Crippen molar-refractivity contribution in [3.63, 3.8) is 0 Å². The number of carbonyl (C=O) groups is 11. The molecule has 1 aromatic rings. The van der Waals surface area contributed by atoms with Gasteiger partial charge in [-0.3, -0.25) is 52.7 Å². The molecule has 1 fully saturated rings. The average Bonchev–Trinajstić information content (AvgIpc) is 2.44. The quantitative estimate of drug-likeness (QED) is 0.124. The highest BCUT2D eigenvalue weighted by Gasteiger charge is 2.43. The Kier molecular flexibility index (Phi) is 33.1. The number of nitrogens with zero attached hydrogens (tertiary/aromatic N) is 4. The van der Waals surface area contributed by atoms with Gasteiger partial charge in [-0.25, -0.2) is 0 Å². The van der Waals surface area contributed by atoms with Crippen LogP contribution in [-0.2, 0) is 64.1 Å². The standard InChI is InChI=1S/C69H112N6O13/c1-21-23-27-45(13)64(82)52-38-59(79)62(44(11)12)75(20)68(86)50(32-40(3)4)36-58(78)55(34-42(7)8)72(17)67(85)47(15)70-65(83)46(14)35-57(77)54(33-41(5)6)73(18)69(87)51(43(9)10)37-60(80)63(48(16)88-39-49-28-25-24-26-29-49)74(19)61(81)31-30-56(76)53(22-2)71-66(52)84/h21,23-26,28-29,40-48,50-55,62-64,82H,22,27,30-39H2,1-20H3,(H,70,83)(H,71,84)/b23-21+/t45-,46-,47-,48-,50-,51+,52+,53+,54+,55+,62+,63+,64-/m1/s1. The molecule has 2 rings (SSSR count). The van der Waals surface area contributed by atoms with Gasteiger partial charge in [-0.2, -0.15) is 0 Å². The van der Waals surface area contributed by atoms with Gasteiger partial charge in [0.2, 0.25) is 35.4 Å². The van der Waals surface area contributed by atoms with Crippen molar-refractivity contribution in [1.29, 1.82) is 0 Å². The monoisotopic (exact) mass is 1230 g/mol. The minimum absolute atomic E-state index is 0.0835. The van der Waals surface area contributed by atoms with Gasteiger partial charge < -0.3 is 40.1 Å². The highest BCUT2D eigenvalue weighted by atomic mass is 16.5. The summed E-state index contributed by atoms with van der Waals surface area (Å²) in [5.74, 6) is -11.8. The second-order valence-corrected chi connectivity index (χ2v) is 27.1. The third kappa shape index (κ3) is 23.5. The molecule has 1 aliphatic rings. The van der Waals surface area contributed by atoms with Gasteiger partial charge in [-0.1, -0.05) is 132 Å². The highest BCUT2D eigenvalue weighted by Crippen LogP contribution is 2.30. The zero-order valence-electron chi connectivity index (χ0n) is 57.1. The number of ketones is 5. The average molecular weight is 1230 g/mol. The molecule has 0 saturated carbocycles. The van der Waals surface area contributed by atoms with Crippen molar-refractivity contribution in [3.05, 3.63) is 48.0 Å². The van der Waals surface area contributed by atoms with E-state index in [-0.39, 0.29) is 82.1 Å². The Balaban J connectivity index is 2.91. The summed E-state index contributed by atoms with van der Waals surface area (Å²) in [5, 5.41) is 17.5. The van der Waals surface area contributed by atoms with Crippen LogP contribution in [0.5, 0.6) is 0 Å². The summed E-state index contributed by atoms with van der Waals surface area (Å²) in [5.41, 5.74) is 0.806. The molecule has 1 heterocycles. The third-order valence-corrected chi connectivity index (χ3v) is 17.4. The van der Waals surface area contributed by atoms with Crippen LogP contribution in [0.1, 0.15) is 187 Å². The molecule has 1 aromatic carbocycles. The Hall–Kier alpha value is -5.95. The molecule has 0 spiro atoms. The smallest absolute Gasteiger partial charge is 0.245 e. The largest absolute Gasteiger partial charge is 0.392 e. The topological polar surface area (TPSA) is 254 Å². The molecule has 496 valence electrons. The van der Waals surface area contributed by atoms with Gasteiger partial charge in [0.15, 0.2) is 28.9 Å². The van der Waals surface area contributed by atoms with E-state index in [0.717, 1.165) is 5.56 Å². The highest BCUT2D eigenvalue weighted by molar-refractivity contribution is 5.99. The van der Waals surface area contributed by atoms with E-state index >= 15 is 0 Å². The number of amides is 6. The maximum absolute atomic E-state index is 14.9. The first kappa shape index (κ1) is 78.1. The molecule has 0 aromatic heterocycles. The van der Waals surface area contributed by atoms with Crippen molar-refractivity contribution < 1.29 is 62.6 Å². The molecule has 0 bridgehead atoms. The minimum atomic E-state index is -1.39. The van der Waals surface area contributed by atoms with E-state index in [2.05, 4.69) is 10.6 Å². The fourth-order valence-electron chi connectivity index (χ4n) is 12.1. The van der Waals surface area contributed by atoms with Crippen LogP contribution in [0.3, 0.4) is 0 Å². The summed E-state index contributed by atoms with van der Waals surface area (Å²) < 4.78 is 6.29. The molecule has 88 heavy (non-hydrogen) atoms. The van der Waals surface area contributed by atoms with E-state index in [1.165, 1.54) is 54.7 Å². The van der Waals surface area contributed by atoms with Gasteiger partial charge in [0.1, 0.15) is 12.1 Å². The van der Waals surface area contributed by atoms with E-state index in [1.807, 2.05) is 84.9 Å². The number of aliphatic hydroxyl groups is 1. The zero-order chi connectivity index (χ0) is 67.2. The molecular formula is C69H112N6O13. The fourth-order valence-corrected chi connectivity index (χ4v) is 12.1. The van der Waals surface area contributed by atoms with Crippen molar-refractivity contribution in [2.75, 3.05) is 28.2 Å². The molecule has 0 aliphatic carbocycles. The first-order valence-electron chi connectivity index (χ1n) is 32.3. The van der Waals surface area contributed by atoms with Gasteiger partial charge in [0.25, 0.3) is 0 Å². The van der Waals surface area contributed by atoms with Crippen LogP contribution < -0.4 is 10.6 Å². The van der Waals surface area contributed by atoms with Crippen LogP contribution in [-0.4, -0.2) is 166 Å². The van der Waals surface area contributed by atoms with Gasteiger partial charge in [0.05, 0.1) is 48.9 Å². The molecule has 1 aliphatic heterocycles. The van der Waals surface area contributed by atoms with Gasteiger partial charge >= 0.3 is 0 Å². The second-order valence-electron chi connectivity index (χ2n) is 27.1. The number of allylic oxidation sites excluding steroid dienone is 2. The number of Topliss-reactive ketones (excluding diaryl/α,β-unsaturated/α-hetero) is 5. The van der Waals surface area contributed by atoms with Crippen molar-refractivity contribution in [2.24, 2.45) is 59.2 Å². The molecular weight excluding hydrogens is 1120 g/mol. The summed E-state index contributed by atoms with van der Waals surface area (Å²) >= 11 is 0. The summed E-state index contributed by atoms with van der Waals surface area (Å²) in [6.07, 6.45) is 0.324. The predicted octanol–water partition coefficient (Wildman–Crippen LogP) is 8.40. The number of benzene rings is 1. The van der Waals surface area contributed by atoms with Crippen LogP contribution in [0.2, 0.25) is 0 Å². The lowest BCUT2D eigenvalue weighted by Gasteiger charge is -2.36. The Labute approximate surface area is 527 Å². The van der Waals surface area contributed by atoms with Crippen LogP contribution in [0, 0.1) is 59.2 Å². The van der Waals surface area contributed by atoms with E-state index in [0.29, 0.717) is 6.42 Å². The minimum Gasteiger partial charge on any atom is -0.392 e. The first-order valence-corrected chi connectivity index (χ1v) is 32.3. The maximum Gasteiger partial charge on any atom is 0.245 e. The number of aliphatic hydroxyl groups excluding tert-OH is 1. The van der Waals surface area contributed by atoms with E-state index < -0.39 is 161 Å². The number of carbonyl (C=O) groups excluding carboxylic acids is 11. The molecule has 0 radical (unpaired) electrons. The van der Waals surface area contributed by atoms with E-state index in [9.17, 15) is 57.8 Å². The number of ether oxygens (including phenoxy) is 1. The van der Waals surface area contributed by atoms with Crippen molar-refractivity contribution in [3.8, 4) is 0 Å². The first-order chi connectivity index (χ1) is 41.0. The molecule has 0 unspecified atom stereocenters. The lowest BCUT2D eigenvalue weighted by molar-refractivity contribution is -0.149. The van der Waals surface area contributed by atoms with Crippen LogP contribution >= 0.6 is 0 Å². The van der Waals surface area contributed by atoms with Gasteiger partial charge in [0, 0.05) is 84.5 Å². The summed E-state index contributed by atoms with van der Waals surface area (Å²) in [6.45, 7) is 28.5. The summed E-state index contributed by atoms with van der Waals surface area (Å²) in [7, 11) is 5.91. The number of hydrogen-bond acceptors (Lipinski definition) is 13. The Morgan fingerprint density at radius 3 is 1.60 bits per heavy atom. The SMILES string of the molecule is C/C=C/C[C@@H](C)[C@@H](O)[C@@H]1CC(=O)[C@H](C(C)C)N(C)C(=O)[C@H](CC(C)C)CC(=O)[C@H](CC(C)C)N(C)C(=O)[C@@H](C)NC(=O)[C@H](C)CC(=O)[C@H](CC(C)C)N(C)C(=O)[C@H](C(C)C)CC(=O)[C@H]([C@@H](C)OCc2ccccc2)N(C)C(=O)CCC(=O)[C@H](CC)NC1=O. The van der Waals surface area contributed by atoms with Crippen molar-refractivity contribution in [2.45, 2.75) is 236 Å². The molecule has 6 amide bonds. The van der Waals surface area contributed by atoms with Crippen molar-refractivity contribution >= 4 is 64.4 Å². The lowest BCUT2D eigenvalue weighted by Crippen LogP contribution is -2.53. The maximum atomic E-state index is 14.9. The van der Waals surface area contributed by atoms with Gasteiger partial charge in [-0.15, -0.1) is 0 Å². The second kappa shape index (κ2) is 37.3. The Morgan fingerprint density at radius 1 is 0.568 bits per heavy atom. The number of likely N-dealkylation sites (N-methyl/N-ethyl adjacent to an activating group) is 4. The van der Waals surface area contributed by atoms with E-state index in [1.54, 1.807) is 61.5 Å². The summed E-state index contributed by atoms with van der Waals surface area (Å²) in [6, 6.07) is 2.56. The predicted molar refractivity (Wildman–Crippen MR) is 342 cm³/mol. The normalized spacial score (nSPS) is 26.7. The summed E-state index contributed by atoms with van der Waals surface area (Å²) in [4.78, 5) is 165. The molecule has 19 nitrogen and oxygen atoms in total. The third-order valence-electron chi connectivity index (χ3n) is 17.4. The fraction of sp³-hybridized carbons (Fsp3) is 0.725. The zero-order valence-corrected chi connectivity index (χ0v) is 57.1. The molecule has 1 saturated heterocycles. The molecule has 13 atom stereocenters. The van der Waals surface area contributed by atoms with E-state index in [4.69, 9.17) is 4.74 Å². The Morgan fingerprint density at radius 2 is 1.09 bits per heavy atom. The Bertz CT molecular complexity index is 2530. The molecule has 19 heteroatoms. The molecule has 3 N–H and O–H groups in total. The number of hydrogen-bond donors (Lipinski definition) is 3.